The zero-order chi connectivity index (χ0) is 9.26. The number of rotatable bonds is 1. The molecule has 2 N–H and O–H groups in total. The number of ether oxygens (including phenoxy) is 1. The fourth-order valence-corrected chi connectivity index (χ4v) is 2.49. The van der Waals surface area contributed by atoms with Crippen molar-refractivity contribution in [2.75, 3.05) is 0 Å². The Labute approximate surface area is 77.3 Å². The Morgan fingerprint density at radius 3 is 2.85 bits per heavy atom. The highest BCUT2D eigenvalue weighted by Crippen LogP contribution is 2.33. The van der Waals surface area contributed by atoms with E-state index in [2.05, 4.69) is 5.32 Å². The number of nitrogens with one attached hydrogen (secondary N) is 1. The summed E-state index contributed by atoms with van der Waals surface area (Å²) in [4.78, 5) is 10.3. The third kappa shape index (κ3) is 1.94. The van der Waals surface area contributed by atoms with Gasteiger partial charge in [0.25, 0.3) is 0 Å². The van der Waals surface area contributed by atoms with Crippen molar-refractivity contribution in [2.45, 2.75) is 44.4 Å². The normalized spacial score (nSPS) is 38.3. The van der Waals surface area contributed by atoms with Gasteiger partial charge in [-0.05, 0) is 18.8 Å². The minimum absolute atomic E-state index is 0.259. The molecule has 1 aliphatic carbocycles. The standard InChI is InChI=1S/C9H15NO3/c11-9(12)13-8-5-6-3-1-2-4-7(6)10-8/h6-8,10H,1-5H2,(H,11,12)/t6-,7-,8-/m0/s1. The summed E-state index contributed by atoms with van der Waals surface area (Å²) in [6.07, 6.45) is 4.36. The highest BCUT2D eigenvalue weighted by molar-refractivity contribution is 5.57. The Morgan fingerprint density at radius 2 is 2.15 bits per heavy atom. The Morgan fingerprint density at radius 1 is 1.38 bits per heavy atom. The Bertz CT molecular complexity index is 193. The molecule has 4 heteroatoms. The molecule has 2 fully saturated rings. The van der Waals surface area contributed by atoms with Gasteiger partial charge in [-0.25, -0.2) is 4.79 Å². The quantitative estimate of drug-likeness (QED) is 0.609. The molecule has 0 aromatic carbocycles. The van der Waals surface area contributed by atoms with Gasteiger partial charge in [-0.2, -0.15) is 0 Å². The lowest BCUT2D eigenvalue weighted by Gasteiger charge is -2.23. The molecular weight excluding hydrogens is 170 g/mol. The maximum atomic E-state index is 10.3. The van der Waals surface area contributed by atoms with Crippen molar-refractivity contribution in [1.29, 1.82) is 0 Å². The van der Waals surface area contributed by atoms with Crippen LogP contribution in [0.5, 0.6) is 0 Å². The number of carboxylic acid groups (broad SMARTS) is 1. The van der Waals surface area contributed by atoms with Crippen LogP contribution in [-0.2, 0) is 4.74 Å². The lowest BCUT2D eigenvalue weighted by molar-refractivity contribution is 0.0430. The second-order valence-electron chi connectivity index (χ2n) is 3.93. The second-order valence-corrected chi connectivity index (χ2v) is 3.93. The molecule has 0 bridgehead atoms. The summed E-state index contributed by atoms with van der Waals surface area (Å²) < 4.78 is 4.71. The third-order valence-electron chi connectivity index (χ3n) is 3.07. The van der Waals surface area contributed by atoms with Crippen LogP contribution in [0.1, 0.15) is 32.1 Å². The van der Waals surface area contributed by atoms with Crippen LogP contribution in [0.4, 0.5) is 4.79 Å². The van der Waals surface area contributed by atoms with E-state index in [0.717, 1.165) is 6.42 Å². The second kappa shape index (κ2) is 3.54. The zero-order valence-corrected chi connectivity index (χ0v) is 7.53. The van der Waals surface area contributed by atoms with Crippen LogP contribution in [0.3, 0.4) is 0 Å². The monoisotopic (exact) mass is 185 g/mol. The highest BCUT2D eigenvalue weighted by Gasteiger charge is 2.36. The molecule has 1 saturated heterocycles. The molecular formula is C9H15NO3. The first-order chi connectivity index (χ1) is 6.25. The molecule has 2 aliphatic rings. The molecule has 2 rings (SSSR count). The summed E-state index contributed by atoms with van der Waals surface area (Å²) in [5.74, 6) is 0.637. The van der Waals surface area contributed by atoms with Gasteiger partial charge in [0.15, 0.2) is 6.23 Å². The van der Waals surface area contributed by atoms with Crippen LogP contribution >= 0.6 is 0 Å². The summed E-state index contributed by atoms with van der Waals surface area (Å²) >= 11 is 0. The van der Waals surface area contributed by atoms with E-state index in [4.69, 9.17) is 9.84 Å². The van der Waals surface area contributed by atoms with E-state index in [1.165, 1.54) is 25.7 Å². The molecule has 13 heavy (non-hydrogen) atoms. The first kappa shape index (κ1) is 8.81. The van der Waals surface area contributed by atoms with E-state index in [1.54, 1.807) is 0 Å². The number of carbonyl (C=O) groups is 1. The summed E-state index contributed by atoms with van der Waals surface area (Å²) in [6, 6.07) is 0.498. The van der Waals surface area contributed by atoms with Gasteiger partial charge in [0.2, 0.25) is 0 Å². The third-order valence-corrected chi connectivity index (χ3v) is 3.07. The lowest BCUT2D eigenvalue weighted by atomic mass is 9.85. The molecule has 1 aliphatic heterocycles. The molecule has 3 atom stereocenters. The first-order valence-electron chi connectivity index (χ1n) is 4.91. The molecule has 0 aromatic rings. The summed E-state index contributed by atoms with van der Waals surface area (Å²) in [5, 5.41) is 11.7. The van der Waals surface area contributed by atoms with Crippen molar-refractivity contribution in [3.05, 3.63) is 0 Å². The van der Waals surface area contributed by atoms with E-state index in [-0.39, 0.29) is 6.23 Å². The molecule has 0 spiro atoms. The average molecular weight is 185 g/mol. The van der Waals surface area contributed by atoms with E-state index in [0.29, 0.717) is 12.0 Å². The molecule has 74 valence electrons. The molecule has 4 nitrogen and oxygen atoms in total. The van der Waals surface area contributed by atoms with Crippen molar-refractivity contribution >= 4 is 6.16 Å². The molecule has 1 saturated carbocycles. The Balaban J connectivity index is 1.87. The maximum Gasteiger partial charge on any atom is 0.507 e. The van der Waals surface area contributed by atoms with Crippen molar-refractivity contribution in [3.8, 4) is 0 Å². The minimum Gasteiger partial charge on any atom is -0.450 e. The molecule has 0 unspecified atom stereocenters. The van der Waals surface area contributed by atoms with Gasteiger partial charge in [0.1, 0.15) is 0 Å². The first-order valence-corrected chi connectivity index (χ1v) is 4.91. The van der Waals surface area contributed by atoms with Crippen molar-refractivity contribution < 1.29 is 14.6 Å². The minimum atomic E-state index is -1.17. The average Bonchev–Trinajstić information content (AvgIpc) is 2.44. The van der Waals surface area contributed by atoms with Gasteiger partial charge >= 0.3 is 6.16 Å². The summed E-state index contributed by atoms with van der Waals surface area (Å²) in [7, 11) is 0. The van der Waals surface area contributed by atoms with Crippen molar-refractivity contribution in [1.82, 2.24) is 5.32 Å². The SMILES string of the molecule is O=C(O)O[C@H]1C[C@@H]2CCCC[C@@H]2N1. The highest BCUT2D eigenvalue weighted by atomic mass is 16.7. The van der Waals surface area contributed by atoms with Gasteiger partial charge in [-0.3, -0.25) is 5.32 Å². The van der Waals surface area contributed by atoms with Crippen molar-refractivity contribution in [3.63, 3.8) is 0 Å². The van der Waals surface area contributed by atoms with Crippen LogP contribution in [0.2, 0.25) is 0 Å². The Hall–Kier alpha value is -0.770. The topological polar surface area (TPSA) is 58.6 Å². The maximum absolute atomic E-state index is 10.3. The lowest BCUT2D eigenvalue weighted by Crippen LogP contribution is -2.35. The van der Waals surface area contributed by atoms with Crippen LogP contribution in [0.25, 0.3) is 0 Å². The zero-order valence-electron chi connectivity index (χ0n) is 7.53. The van der Waals surface area contributed by atoms with Crippen molar-refractivity contribution in [2.24, 2.45) is 5.92 Å². The molecule has 0 aromatic heterocycles. The fourth-order valence-electron chi connectivity index (χ4n) is 2.49. The fraction of sp³-hybridized carbons (Fsp3) is 0.889. The van der Waals surface area contributed by atoms with Crippen LogP contribution in [-0.4, -0.2) is 23.5 Å². The van der Waals surface area contributed by atoms with Crippen LogP contribution < -0.4 is 5.32 Å². The van der Waals surface area contributed by atoms with Crippen LogP contribution in [0, 0.1) is 5.92 Å². The van der Waals surface area contributed by atoms with Gasteiger partial charge in [-0.1, -0.05) is 12.8 Å². The van der Waals surface area contributed by atoms with E-state index in [1.807, 2.05) is 0 Å². The number of fused-ring (bicyclic) bond motifs is 1. The smallest absolute Gasteiger partial charge is 0.450 e. The number of hydrogen-bond acceptors (Lipinski definition) is 3. The van der Waals surface area contributed by atoms with E-state index >= 15 is 0 Å². The van der Waals surface area contributed by atoms with Gasteiger partial charge in [-0.15, -0.1) is 0 Å². The summed E-state index contributed by atoms with van der Waals surface area (Å²) in [6.45, 7) is 0. The van der Waals surface area contributed by atoms with Gasteiger partial charge < -0.3 is 9.84 Å². The predicted molar refractivity (Wildman–Crippen MR) is 46.4 cm³/mol. The largest absolute Gasteiger partial charge is 0.507 e. The Kier molecular flexibility index (Phi) is 2.40. The predicted octanol–water partition coefficient (Wildman–Crippen LogP) is 1.56. The van der Waals surface area contributed by atoms with E-state index in [9.17, 15) is 4.79 Å². The summed E-state index contributed by atoms with van der Waals surface area (Å²) in [5.41, 5.74) is 0. The molecule has 0 radical (unpaired) electrons. The van der Waals surface area contributed by atoms with Crippen LogP contribution in [0.15, 0.2) is 0 Å². The van der Waals surface area contributed by atoms with Gasteiger partial charge in [0.05, 0.1) is 0 Å². The van der Waals surface area contributed by atoms with Gasteiger partial charge in [0, 0.05) is 12.5 Å². The van der Waals surface area contributed by atoms with E-state index < -0.39 is 6.16 Å². The molecule has 0 amide bonds. The molecule has 1 heterocycles. The number of hydrogen-bond donors (Lipinski definition) is 2.